The molecular formula is C16H19FN2. The van der Waals surface area contributed by atoms with E-state index >= 15 is 0 Å². The molecule has 0 aliphatic carbocycles. The molecule has 0 saturated carbocycles. The molecule has 2 aromatic carbocycles. The molecule has 2 N–H and O–H groups in total. The van der Waals surface area contributed by atoms with Gasteiger partial charge in [0.2, 0.25) is 0 Å². The van der Waals surface area contributed by atoms with Crippen molar-refractivity contribution in [1.29, 1.82) is 0 Å². The van der Waals surface area contributed by atoms with E-state index in [0.29, 0.717) is 12.1 Å². The lowest BCUT2D eigenvalue weighted by Gasteiger charge is -2.29. The SMILES string of the molecule is Cc1ccc(C(CN)N(C)c2ccccc2)cc1F. The summed E-state index contributed by atoms with van der Waals surface area (Å²) < 4.78 is 13.7. The van der Waals surface area contributed by atoms with Crippen LogP contribution in [0.25, 0.3) is 0 Å². The van der Waals surface area contributed by atoms with E-state index in [0.717, 1.165) is 11.3 Å². The summed E-state index contributed by atoms with van der Waals surface area (Å²) in [6.45, 7) is 2.20. The minimum absolute atomic E-state index is 0.0301. The predicted octanol–water partition coefficient (Wildman–Crippen LogP) is 3.27. The van der Waals surface area contributed by atoms with Crippen LogP contribution >= 0.6 is 0 Å². The molecule has 0 fully saturated rings. The fourth-order valence-corrected chi connectivity index (χ4v) is 2.18. The standard InChI is InChI=1S/C16H19FN2/c1-12-8-9-13(10-15(12)17)16(11-18)19(2)14-6-4-3-5-7-14/h3-10,16H,11,18H2,1-2H3. The highest BCUT2D eigenvalue weighted by atomic mass is 19.1. The van der Waals surface area contributed by atoms with Crippen molar-refractivity contribution in [2.24, 2.45) is 5.73 Å². The highest BCUT2D eigenvalue weighted by Gasteiger charge is 2.16. The van der Waals surface area contributed by atoms with E-state index < -0.39 is 0 Å². The van der Waals surface area contributed by atoms with Crippen molar-refractivity contribution < 1.29 is 4.39 Å². The maximum absolute atomic E-state index is 13.7. The van der Waals surface area contributed by atoms with Gasteiger partial charge in [0.15, 0.2) is 0 Å². The van der Waals surface area contributed by atoms with Crippen LogP contribution in [0.3, 0.4) is 0 Å². The number of hydrogen-bond acceptors (Lipinski definition) is 2. The van der Waals surface area contributed by atoms with Gasteiger partial charge in [-0.15, -0.1) is 0 Å². The van der Waals surface area contributed by atoms with Crippen LogP contribution in [0.5, 0.6) is 0 Å². The van der Waals surface area contributed by atoms with E-state index in [1.54, 1.807) is 19.1 Å². The molecule has 0 aromatic heterocycles. The first-order valence-corrected chi connectivity index (χ1v) is 6.37. The summed E-state index contributed by atoms with van der Waals surface area (Å²) in [7, 11) is 1.98. The minimum atomic E-state index is -0.183. The molecular weight excluding hydrogens is 239 g/mol. The molecule has 2 nitrogen and oxygen atoms in total. The Morgan fingerprint density at radius 3 is 2.42 bits per heavy atom. The Balaban J connectivity index is 2.31. The average Bonchev–Trinajstić information content (AvgIpc) is 2.44. The molecule has 0 spiro atoms. The average molecular weight is 258 g/mol. The molecule has 0 aliphatic heterocycles. The second-order valence-corrected chi connectivity index (χ2v) is 4.71. The second kappa shape index (κ2) is 5.85. The lowest BCUT2D eigenvalue weighted by Crippen LogP contribution is -2.30. The van der Waals surface area contributed by atoms with Crippen LogP contribution < -0.4 is 10.6 Å². The van der Waals surface area contributed by atoms with E-state index in [1.165, 1.54) is 0 Å². The highest BCUT2D eigenvalue weighted by Crippen LogP contribution is 2.25. The minimum Gasteiger partial charge on any atom is -0.366 e. The lowest BCUT2D eigenvalue weighted by molar-refractivity contribution is 0.607. The summed E-state index contributed by atoms with van der Waals surface area (Å²) in [5, 5.41) is 0. The molecule has 0 heterocycles. The zero-order valence-electron chi connectivity index (χ0n) is 11.3. The van der Waals surface area contributed by atoms with Gasteiger partial charge in [0, 0.05) is 19.3 Å². The van der Waals surface area contributed by atoms with Crippen LogP contribution in [-0.4, -0.2) is 13.6 Å². The van der Waals surface area contributed by atoms with Gasteiger partial charge in [0.1, 0.15) is 5.82 Å². The number of para-hydroxylation sites is 1. The number of halogens is 1. The monoisotopic (exact) mass is 258 g/mol. The molecule has 2 aromatic rings. The molecule has 19 heavy (non-hydrogen) atoms. The zero-order chi connectivity index (χ0) is 13.8. The third-order valence-corrected chi connectivity index (χ3v) is 3.43. The maximum Gasteiger partial charge on any atom is 0.126 e. The summed E-state index contributed by atoms with van der Waals surface area (Å²) >= 11 is 0. The van der Waals surface area contributed by atoms with Crippen molar-refractivity contribution in [1.82, 2.24) is 0 Å². The van der Waals surface area contributed by atoms with Gasteiger partial charge in [0.05, 0.1) is 6.04 Å². The topological polar surface area (TPSA) is 29.3 Å². The van der Waals surface area contributed by atoms with Crippen molar-refractivity contribution in [2.45, 2.75) is 13.0 Å². The van der Waals surface area contributed by atoms with Gasteiger partial charge >= 0.3 is 0 Å². The highest BCUT2D eigenvalue weighted by molar-refractivity contribution is 5.48. The normalized spacial score (nSPS) is 12.2. The number of benzene rings is 2. The Morgan fingerprint density at radius 1 is 1.16 bits per heavy atom. The number of hydrogen-bond donors (Lipinski definition) is 1. The first-order valence-electron chi connectivity index (χ1n) is 6.37. The van der Waals surface area contributed by atoms with Crippen LogP contribution in [0.2, 0.25) is 0 Å². The van der Waals surface area contributed by atoms with E-state index in [9.17, 15) is 4.39 Å². The van der Waals surface area contributed by atoms with E-state index in [2.05, 4.69) is 4.90 Å². The summed E-state index contributed by atoms with van der Waals surface area (Å²) in [6, 6.07) is 15.3. The number of nitrogens with two attached hydrogens (primary N) is 1. The van der Waals surface area contributed by atoms with Crippen molar-refractivity contribution in [3.63, 3.8) is 0 Å². The van der Waals surface area contributed by atoms with E-state index in [-0.39, 0.29) is 11.9 Å². The lowest BCUT2D eigenvalue weighted by atomic mass is 10.0. The summed E-state index contributed by atoms with van der Waals surface area (Å²) in [5.74, 6) is -0.183. The number of anilines is 1. The molecule has 1 unspecified atom stereocenters. The van der Waals surface area contributed by atoms with E-state index in [4.69, 9.17) is 5.73 Å². The van der Waals surface area contributed by atoms with Crippen LogP contribution in [0, 0.1) is 12.7 Å². The largest absolute Gasteiger partial charge is 0.366 e. The molecule has 1 atom stereocenters. The van der Waals surface area contributed by atoms with Gasteiger partial charge < -0.3 is 10.6 Å². The Bertz CT molecular complexity index is 540. The first-order chi connectivity index (χ1) is 9.13. The molecule has 100 valence electrons. The second-order valence-electron chi connectivity index (χ2n) is 4.71. The van der Waals surface area contributed by atoms with Gasteiger partial charge in [-0.2, -0.15) is 0 Å². The number of likely N-dealkylation sites (N-methyl/N-ethyl adjacent to an activating group) is 1. The Hall–Kier alpha value is -1.87. The summed E-state index contributed by atoms with van der Waals surface area (Å²) in [6.07, 6.45) is 0. The van der Waals surface area contributed by atoms with Crippen molar-refractivity contribution in [3.05, 3.63) is 65.5 Å². The van der Waals surface area contributed by atoms with Crippen LogP contribution in [0.4, 0.5) is 10.1 Å². The van der Waals surface area contributed by atoms with Gasteiger partial charge in [-0.25, -0.2) is 4.39 Å². The van der Waals surface area contributed by atoms with Crippen molar-refractivity contribution in [3.8, 4) is 0 Å². The summed E-state index contributed by atoms with van der Waals surface area (Å²) in [4.78, 5) is 2.07. The molecule has 0 amide bonds. The van der Waals surface area contributed by atoms with Gasteiger partial charge in [-0.3, -0.25) is 0 Å². The molecule has 3 heteroatoms. The Kier molecular flexibility index (Phi) is 4.17. The fraction of sp³-hybridized carbons (Fsp3) is 0.250. The number of rotatable bonds is 4. The Labute approximate surface area is 113 Å². The van der Waals surface area contributed by atoms with Gasteiger partial charge in [-0.05, 0) is 36.2 Å². The molecule has 2 rings (SSSR count). The van der Waals surface area contributed by atoms with E-state index in [1.807, 2.05) is 43.4 Å². The van der Waals surface area contributed by atoms with Crippen molar-refractivity contribution >= 4 is 5.69 Å². The predicted molar refractivity (Wildman–Crippen MR) is 77.8 cm³/mol. The number of aryl methyl sites for hydroxylation is 1. The summed E-state index contributed by atoms with van der Waals surface area (Å²) in [5.41, 5.74) is 8.49. The van der Waals surface area contributed by atoms with Crippen LogP contribution in [0.15, 0.2) is 48.5 Å². The first kappa shape index (κ1) is 13.6. The quantitative estimate of drug-likeness (QED) is 0.912. The van der Waals surface area contributed by atoms with Gasteiger partial charge in [-0.1, -0.05) is 30.3 Å². The third-order valence-electron chi connectivity index (χ3n) is 3.43. The third kappa shape index (κ3) is 2.93. The van der Waals surface area contributed by atoms with Crippen molar-refractivity contribution in [2.75, 3.05) is 18.5 Å². The Morgan fingerprint density at radius 2 is 1.84 bits per heavy atom. The smallest absolute Gasteiger partial charge is 0.126 e. The molecule has 0 bridgehead atoms. The van der Waals surface area contributed by atoms with Crippen LogP contribution in [-0.2, 0) is 0 Å². The molecule has 0 radical (unpaired) electrons. The van der Waals surface area contributed by atoms with Gasteiger partial charge in [0.25, 0.3) is 0 Å². The maximum atomic E-state index is 13.7. The number of nitrogens with zero attached hydrogens (tertiary/aromatic N) is 1. The van der Waals surface area contributed by atoms with Crippen LogP contribution in [0.1, 0.15) is 17.2 Å². The fourth-order valence-electron chi connectivity index (χ4n) is 2.18. The zero-order valence-corrected chi connectivity index (χ0v) is 11.3. The molecule has 0 saturated heterocycles. The molecule has 0 aliphatic rings.